The van der Waals surface area contributed by atoms with Crippen molar-refractivity contribution in [3.05, 3.63) is 30.5 Å². The number of rotatable bonds is 4. The summed E-state index contributed by atoms with van der Waals surface area (Å²) in [4.78, 5) is 3.16. The first-order chi connectivity index (χ1) is 6.90. The maximum atomic E-state index is 5.61. The van der Waals surface area contributed by atoms with Crippen LogP contribution >= 0.6 is 0 Å². The van der Waals surface area contributed by atoms with Crippen LogP contribution < -0.4 is 4.74 Å². The Hall–Kier alpha value is -1.44. The Labute approximate surface area is 83.9 Å². The molecule has 1 aromatic heterocycles. The zero-order valence-corrected chi connectivity index (χ0v) is 8.42. The summed E-state index contributed by atoms with van der Waals surface area (Å²) < 4.78 is 5.61. The number of H-pyrrole nitrogens is 1. The molecule has 0 amide bonds. The summed E-state index contributed by atoms with van der Waals surface area (Å²) in [6.07, 6.45) is 4.23. The van der Waals surface area contributed by atoms with E-state index in [2.05, 4.69) is 30.1 Å². The highest BCUT2D eigenvalue weighted by Crippen LogP contribution is 2.19. The van der Waals surface area contributed by atoms with Crippen LogP contribution in [0.25, 0.3) is 10.9 Å². The molecule has 0 aliphatic heterocycles. The molecule has 74 valence electrons. The van der Waals surface area contributed by atoms with E-state index in [1.807, 2.05) is 12.3 Å². The second-order valence-corrected chi connectivity index (χ2v) is 3.43. The van der Waals surface area contributed by atoms with E-state index < -0.39 is 0 Å². The van der Waals surface area contributed by atoms with Crippen molar-refractivity contribution in [3.63, 3.8) is 0 Å². The van der Waals surface area contributed by atoms with Crippen LogP contribution in [0.5, 0.6) is 5.75 Å². The third-order valence-corrected chi connectivity index (χ3v) is 2.29. The molecule has 2 rings (SSSR count). The fourth-order valence-corrected chi connectivity index (χ4v) is 1.46. The lowest BCUT2D eigenvalue weighted by molar-refractivity contribution is 0.310. The van der Waals surface area contributed by atoms with Crippen LogP contribution in [0.2, 0.25) is 0 Å². The average Bonchev–Trinajstić information content (AvgIpc) is 2.65. The molecule has 0 saturated carbocycles. The van der Waals surface area contributed by atoms with E-state index in [4.69, 9.17) is 4.74 Å². The summed E-state index contributed by atoms with van der Waals surface area (Å²) in [6.45, 7) is 2.98. The summed E-state index contributed by atoms with van der Waals surface area (Å²) in [5.74, 6) is 0.963. The van der Waals surface area contributed by atoms with Gasteiger partial charge in [0.1, 0.15) is 5.75 Å². The maximum absolute atomic E-state index is 5.61. The van der Waals surface area contributed by atoms with Crippen molar-refractivity contribution in [2.45, 2.75) is 19.8 Å². The molecule has 0 saturated heterocycles. The van der Waals surface area contributed by atoms with E-state index in [-0.39, 0.29) is 0 Å². The van der Waals surface area contributed by atoms with Crippen LogP contribution in [0.4, 0.5) is 0 Å². The van der Waals surface area contributed by atoms with Crippen molar-refractivity contribution in [1.29, 1.82) is 0 Å². The number of nitrogens with one attached hydrogen (secondary N) is 1. The van der Waals surface area contributed by atoms with Crippen LogP contribution in [0.15, 0.2) is 30.5 Å². The second kappa shape index (κ2) is 4.18. The third kappa shape index (κ3) is 1.90. The van der Waals surface area contributed by atoms with E-state index in [1.54, 1.807) is 0 Å². The molecule has 1 N–H and O–H groups in total. The van der Waals surface area contributed by atoms with Crippen LogP contribution in [-0.4, -0.2) is 11.6 Å². The molecule has 2 heteroatoms. The number of benzene rings is 1. The Bertz CT molecular complexity index is 405. The number of ether oxygens (including phenoxy) is 1. The summed E-state index contributed by atoms with van der Waals surface area (Å²) in [5.41, 5.74) is 1.16. The molecular formula is C12H15NO. The van der Waals surface area contributed by atoms with Gasteiger partial charge in [0.15, 0.2) is 0 Å². The van der Waals surface area contributed by atoms with Gasteiger partial charge < -0.3 is 9.72 Å². The van der Waals surface area contributed by atoms with Crippen LogP contribution in [0.3, 0.4) is 0 Å². The number of unbranched alkanes of at least 4 members (excludes halogenated alkanes) is 1. The van der Waals surface area contributed by atoms with Gasteiger partial charge in [-0.1, -0.05) is 13.3 Å². The average molecular weight is 189 g/mol. The Morgan fingerprint density at radius 2 is 2.21 bits per heavy atom. The molecule has 1 heterocycles. The van der Waals surface area contributed by atoms with Crippen LogP contribution in [-0.2, 0) is 0 Å². The highest BCUT2D eigenvalue weighted by molar-refractivity contribution is 5.80. The normalized spacial score (nSPS) is 10.6. The van der Waals surface area contributed by atoms with Gasteiger partial charge in [0.05, 0.1) is 6.61 Å². The Morgan fingerprint density at radius 3 is 3.07 bits per heavy atom. The van der Waals surface area contributed by atoms with Gasteiger partial charge in [-0.2, -0.15) is 0 Å². The Kier molecular flexibility index (Phi) is 2.73. The summed E-state index contributed by atoms with van der Waals surface area (Å²) in [5, 5.41) is 1.21. The van der Waals surface area contributed by atoms with Gasteiger partial charge in [-0.05, 0) is 30.7 Å². The van der Waals surface area contributed by atoms with Gasteiger partial charge in [-0.3, -0.25) is 0 Å². The van der Waals surface area contributed by atoms with Gasteiger partial charge in [0.2, 0.25) is 0 Å². The predicted octanol–water partition coefficient (Wildman–Crippen LogP) is 3.35. The molecule has 14 heavy (non-hydrogen) atoms. The first-order valence-corrected chi connectivity index (χ1v) is 5.10. The topological polar surface area (TPSA) is 25.0 Å². The van der Waals surface area contributed by atoms with Gasteiger partial charge in [0.25, 0.3) is 0 Å². The minimum Gasteiger partial charge on any atom is -0.494 e. The van der Waals surface area contributed by atoms with Crippen molar-refractivity contribution in [2.24, 2.45) is 0 Å². The minimum atomic E-state index is 0.812. The number of hydrogen-bond acceptors (Lipinski definition) is 1. The van der Waals surface area contributed by atoms with E-state index in [0.717, 1.165) is 24.3 Å². The predicted molar refractivity (Wildman–Crippen MR) is 58.7 cm³/mol. The van der Waals surface area contributed by atoms with Crippen LogP contribution in [0.1, 0.15) is 19.8 Å². The van der Waals surface area contributed by atoms with E-state index in [1.165, 1.54) is 11.8 Å². The smallest absolute Gasteiger partial charge is 0.120 e. The van der Waals surface area contributed by atoms with Crippen LogP contribution in [0, 0.1) is 0 Å². The third-order valence-electron chi connectivity index (χ3n) is 2.29. The zero-order valence-electron chi connectivity index (χ0n) is 8.42. The number of aromatic amines is 1. The summed E-state index contributed by atoms with van der Waals surface area (Å²) in [6, 6.07) is 8.19. The molecule has 2 nitrogen and oxygen atoms in total. The Morgan fingerprint density at radius 1 is 1.29 bits per heavy atom. The molecule has 0 atom stereocenters. The summed E-state index contributed by atoms with van der Waals surface area (Å²) in [7, 11) is 0. The van der Waals surface area contributed by atoms with Gasteiger partial charge in [-0.25, -0.2) is 0 Å². The largest absolute Gasteiger partial charge is 0.494 e. The van der Waals surface area contributed by atoms with E-state index >= 15 is 0 Å². The SMILES string of the molecule is CCCCOc1ccc2[nH]ccc2c1. The molecule has 2 aromatic rings. The fraction of sp³-hybridized carbons (Fsp3) is 0.333. The first-order valence-electron chi connectivity index (χ1n) is 5.10. The lowest BCUT2D eigenvalue weighted by Crippen LogP contribution is -1.95. The molecule has 0 aliphatic carbocycles. The first kappa shape index (κ1) is 9.13. The molecule has 0 spiro atoms. The van der Waals surface area contributed by atoms with Gasteiger partial charge >= 0.3 is 0 Å². The minimum absolute atomic E-state index is 0.812. The fourth-order valence-electron chi connectivity index (χ4n) is 1.46. The zero-order chi connectivity index (χ0) is 9.80. The molecular weight excluding hydrogens is 174 g/mol. The molecule has 0 aliphatic rings. The number of fused-ring (bicyclic) bond motifs is 1. The molecule has 0 unspecified atom stereocenters. The number of hydrogen-bond donors (Lipinski definition) is 1. The maximum Gasteiger partial charge on any atom is 0.120 e. The standard InChI is InChI=1S/C12H15NO/c1-2-3-8-14-11-4-5-12-10(9-11)6-7-13-12/h4-7,9,13H,2-3,8H2,1H3. The van der Waals surface area contributed by atoms with Crippen molar-refractivity contribution in [1.82, 2.24) is 4.98 Å². The second-order valence-electron chi connectivity index (χ2n) is 3.43. The lowest BCUT2D eigenvalue weighted by atomic mass is 10.2. The summed E-state index contributed by atoms with van der Waals surface area (Å²) >= 11 is 0. The van der Waals surface area contributed by atoms with Crippen molar-refractivity contribution in [3.8, 4) is 5.75 Å². The van der Waals surface area contributed by atoms with Crippen molar-refractivity contribution in [2.75, 3.05) is 6.61 Å². The molecule has 0 radical (unpaired) electrons. The highest BCUT2D eigenvalue weighted by Gasteiger charge is 1.97. The van der Waals surface area contributed by atoms with Crippen molar-refractivity contribution >= 4 is 10.9 Å². The Balaban J connectivity index is 2.10. The lowest BCUT2D eigenvalue weighted by Gasteiger charge is -2.04. The molecule has 0 bridgehead atoms. The van der Waals surface area contributed by atoms with E-state index in [9.17, 15) is 0 Å². The molecule has 0 fully saturated rings. The quantitative estimate of drug-likeness (QED) is 0.733. The van der Waals surface area contributed by atoms with Gasteiger partial charge in [0, 0.05) is 17.1 Å². The van der Waals surface area contributed by atoms with Gasteiger partial charge in [-0.15, -0.1) is 0 Å². The van der Waals surface area contributed by atoms with Crippen molar-refractivity contribution < 1.29 is 4.74 Å². The van der Waals surface area contributed by atoms with E-state index in [0.29, 0.717) is 0 Å². The number of aromatic nitrogens is 1. The highest BCUT2D eigenvalue weighted by atomic mass is 16.5. The molecule has 1 aromatic carbocycles. The monoisotopic (exact) mass is 189 g/mol.